The number of aliphatic hydroxyl groups excluding tert-OH is 1. The second kappa shape index (κ2) is 11.8. The summed E-state index contributed by atoms with van der Waals surface area (Å²) in [6.07, 6.45) is 0. The van der Waals surface area contributed by atoms with Crippen LogP contribution in [0.15, 0.2) is 48.5 Å². The highest BCUT2D eigenvalue weighted by Crippen LogP contribution is 2.15. The zero-order valence-corrected chi connectivity index (χ0v) is 18.6. The summed E-state index contributed by atoms with van der Waals surface area (Å²) >= 11 is 0. The summed E-state index contributed by atoms with van der Waals surface area (Å²) in [5, 5.41) is 35.0. The van der Waals surface area contributed by atoms with Gasteiger partial charge in [-0.05, 0) is 30.2 Å². The molecule has 14 heteroatoms. The average molecular weight is 492 g/mol. The number of benzene rings is 2. The fourth-order valence-corrected chi connectivity index (χ4v) is 3.97. The molecule has 0 fully saturated rings. The molecule has 2 rings (SSSR count). The number of guanidine groups is 1. The molecule has 0 unspecified atom stereocenters. The third-order valence-electron chi connectivity index (χ3n) is 4.21. The van der Waals surface area contributed by atoms with Gasteiger partial charge in [0.25, 0.3) is 5.69 Å². The second-order valence-corrected chi connectivity index (χ2v) is 8.76. The van der Waals surface area contributed by atoms with Gasteiger partial charge in [-0.1, -0.05) is 24.3 Å². The van der Waals surface area contributed by atoms with Gasteiger partial charge in [-0.15, -0.1) is 0 Å². The quantitative estimate of drug-likeness (QED) is 0.114. The zero-order valence-electron chi connectivity index (χ0n) is 17.8. The van der Waals surface area contributed by atoms with Gasteiger partial charge in [0.15, 0.2) is 5.96 Å². The summed E-state index contributed by atoms with van der Waals surface area (Å²) in [5.41, 5.74) is 1.10. The van der Waals surface area contributed by atoms with E-state index in [-0.39, 0.29) is 17.2 Å². The number of rotatable bonds is 10. The highest BCUT2D eigenvalue weighted by molar-refractivity contribution is 7.88. The number of sulfonamides is 1. The molecule has 0 saturated heterocycles. The van der Waals surface area contributed by atoms with Gasteiger partial charge < -0.3 is 15.7 Å². The second-order valence-electron chi connectivity index (χ2n) is 7.00. The van der Waals surface area contributed by atoms with Crippen LogP contribution in [0.1, 0.15) is 11.1 Å². The van der Waals surface area contributed by atoms with Gasteiger partial charge in [0, 0.05) is 17.8 Å². The number of aliphatic hydroxyl groups is 1. The summed E-state index contributed by atoms with van der Waals surface area (Å²) in [6, 6.07) is 10.1. The van der Waals surface area contributed by atoms with Crippen molar-refractivity contribution in [3.05, 3.63) is 76.7 Å². The number of amides is 2. The molecule has 6 N–H and O–H groups in total. The minimum Gasteiger partial charge on any atom is -0.394 e. The Balaban J connectivity index is 1.86. The lowest BCUT2D eigenvalue weighted by Crippen LogP contribution is -2.51. The molecule has 13 nitrogen and oxygen atoms in total. The van der Waals surface area contributed by atoms with Crippen LogP contribution in [0.3, 0.4) is 0 Å². The average Bonchev–Trinajstić information content (AvgIpc) is 2.77. The van der Waals surface area contributed by atoms with Crippen molar-refractivity contribution in [2.45, 2.75) is 11.8 Å². The van der Waals surface area contributed by atoms with E-state index in [2.05, 4.69) is 22.9 Å². The first-order chi connectivity index (χ1) is 16.0. The van der Waals surface area contributed by atoms with Gasteiger partial charge in [-0.3, -0.25) is 30.4 Å². The molecule has 0 bridgehead atoms. The van der Waals surface area contributed by atoms with Gasteiger partial charge >= 0.3 is 0 Å². The number of hydrogen-bond acceptors (Lipinski definition) is 8. The van der Waals surface area contributed by atoms with Crippen LogP contribution >= 0.6 is 0 Å². The van der Waals surface area contributed by atoms with Crippen molar-refractivity contribution in [3.63, 3.8) is 0 Å². The topological polar surface area (TPSA) is 204 Å². The van der Waals surface area contributed by atoms with Crippen LogP contribution in [0.5, 0.6) is 0 Å². The third-order valence-corrected chi connectivity index (χ3v) is 5.57. The molecule has 2 amide bonds. The van der Waals surface area contributed by atoms with Crippen LogP contribution in [-0.2, 0) is 25.4 Å². The van der Waals surface area contributed by atoms with E-state index >= 15 is 0 Å². The van der Waals surface area contributed by atoms with Crippen molar-refractivity contribution < 1.29 is 28.0 Å². The predicted octanol–water partition coefficient (Wildman–Crippen LogP) is -0.163. The Morgan fingerprint density at radius 1 is 1.18 bits per heavy atom. The summed E-state index contributed by atoms with van der Waals surface area (Å²) < 4.78 is 26.7. The van der Waals surface area contributed by atoms with Gasteiger partial charge in [-0.2, -0.15) is 0 Å². The highest BCUT2D eigenvalue weighted by atomic mass is 32.2. The summed E-state index contributed by atoms with van der Waals surface area (Å²) in [7, 11) is -4.17. The fraction of sp³-hybridized carbons (Fsp3) is 0.200. The summed E-state index contributed by atoms with van der Waals surface area (Å²) in [4.78, 5) is 34.3. The monoisotopic (exact) mass is 491 g/mol. The van der Waals surface area contributed by atoms with Crippen molar-refractivity contribution in [2.75, 3.05) is 18.5 Å². The van der Waals surface area contributed by atoms with Crippen molar-refractivity contribution in [3.8, 4) is 0 Å². The van der Waals surface area contributed by atoms with E-state index in [1.165, 1.54) is 18.2 Å². The van der Waals surface area contributed by atoms with Crippen LogP contribution in [-0.4, -0.2) is 55.4 Å². The maximum Gasteiger partial charge on any atom is 0.269 e. The maximum atomic E-state index is 12.3. The molecule has 0 aliphatic heterocycles. The van der Waals surface area contributed by atoms with Crippen molar-refractivity contribution >= 4 is 39.2 Å². The van der Waals surface area contributed by atoms with E-state index in [1.807, 2.05) is 4.72 Å². The Hall–Kier alpha value is -3.88. The van der Waals surface area contributed by atoms with Crippen LogP contribution in [0.25, 0.3) is 0 Å². The molecule has 0 spiro atoms. The Morgan fingerprint density at radius 3 is 2.47 bits per heavy atom. The zero-order chi connectivity index (χ0) is 25.3. The van der Waals surface area contributed by atoms with Crippen molar-refractivity contribution in [2.24, 2.45) is 0 Å². The smallest absolute Gasteiger partial charge is 0.269 e. The SMILES string of the molecule is [CH2]c1ccc(NC(=N)NC(=O)CNC(=O)[C@H](CO)NS(=O)(=O)Cc2cccc([N+](=O)[O-])c2)cc1. The Morgan fingerprint density at radius 2 is 1.85 bits per heavy atom. The van der Waals surface area contributed by atoms with Crippen LogP contribution in [0, 0.1) is 22.4 Å². The van der Waals surface area contributed by atoms with Crippen LogP contribution in [0.2, 0.25) is 0 Å². The number of carbonyl (C=O) groups is 2. The molecular weight excluding hydrogens is 468 g/mol. The fourth-order valence-electron chi connectivity index (χ4n) is 2.65. The van der Waals surface area contributed by atoms with Gasteiger partial charge in [0.1, 0.15) is 6.04 Å². The van der Waals surface area contributed by atoms with E-state index in [0.29, 0.717) is 5.69 Å². The number of anilines is 1. The number of nitro benzene ring substituents is 1. The van der Waals surface area contributed by atoms with E-state index in [4.69, 9.17) is 5.41 Å². The lowest BCUT2D eigenvalue weighted by Gasteiger charge is -2.16. The summed E-state index contributed by atoms with van der Waals surface area (Å²) in [6.45, 7) is 2.23. The molecule has 0 saturated carbocycles. The Bertz CT molecular complexity index is 1170. The lowest BCUT2D eigenvalue weighted by atomic mass is 10.2. The highest BCUT2D eigenvalue weighted by Gasteiger charge is 2.25. The Kier molecular flexibility index (Phi) is 9.18. The number of carbonyl (C=O) groups excluding carboxylic acids is 2. The van der Waals surface area contributed by atoms with Crippen LogP contribution < -0.4 is 20.7 Å². The van der Waals surface area contributed by atoms with Crippen molar-refractivity contribution in [1.29, 1.82) is 5.41 Å². The number of nitrogens with one attached hydrogen (secondary N) is 5. The maximum absolute atomic E-state index is 12.3. The molecule has 1 radical (unpaired) electrons. The van der Waals surface area contributed by atoms with E-state index < -0.39 is 51.7 Å². The third kappa shape index (κ3) is 8.57. The van der Waals surface area contributed by atoms with E-state index in [1.54, 1.807) is 24.3 Å². The first-order valence-electron chi connectivity index (χ1n) is 9.68. The molecule has 1 atom stereocenters. The molecule has 181 valence electrons. The number of non-ortho nitro benzene ring substituents is 1. The molecule has 2 aromatic rings. The molecule has 0 heterocycles. The molecular formula is C20H23N6O7S. The molecule has 0 aliphatic rings. The molecule has 2 aromatic carbocycles. The molecule has 0 aromatic heterocycles. The first-order valence-corrected chi connectivity index (χ1v) is 11.3. The lowest BCUT2D eigenvalue weighted by molar-refractivity contribution is -0.384. The minimum atomic E-state index is -4.17. The summed E-state index contributed by atoms with van der Waals surface area (Å²) in [5.74, 6) is -2.77. The largest absolute Gasteiger partial charge is 0.394 e. The van der Waals surface area contributed by atoms with E-state index in [9.17, 15) is 33.2 Å². The standard InChI is InChI=1S/C20H23N6O7S/c1-13-5-7-15(8-6-13)23-20(21)24-18(28)10-22-19(29)17(11-27)25-34(32,33)12-14-3-2-4-16(9-14)26(30)31/h2-9,17,25,27H,1,10-12H2,(H,22,29)(H3,21,23,24,28)/t17-/m0/s1. The van der Waals surface area contributed by atoms with E-state index in [0.717, 1.165) is 11.6 Å². The first kappa shape index (κ1) is 26.4. The minimum absolute atomic E-state index is 0.106. The number of nitrogens with zero attached hydrogens (tertiary/aromatic N) is 1. The van der Waals surface area contributed by atoms with Gasteiger partial charge in [0.05, 0.1) is 23.8 Å². The number of nitro groups is 1. The van der Waals surface area contributed by atoms with Crippen LogP contribution in [0.4, 0.5) is 11.4 Å². The van der Waals surface area contributed by atoms with Crippen molar-refractivity contribution in [1.82, 2.24) is 15.4 Å². The van der Waals surface area contributed by atoms with Gasteiger partial charge in [0.2, 0.25) is 21.8 Å². The predicted molar refractivity (Wildman–Crippen MR) is 123 cm³/mol. The molecule has 34 heavy (non-hydrogen) atoms. The van der Waals surface area contributed by atoms with Gasteiger partial charge in [-0.25, -0.2) is 13.1 Å². The Labute approximate surface area is 195 Å². The normalized spacial score (nSPS) is 11.8. The number of hydrogen-bond donors (Lipinski definition) is 6. The molecule has 0 aliphatic carbocycles.